The molecule has 2 aliphatic heterocycles. The predicted octanol–water partition coefficient (Wildman–Crippen LogP) is 0.393. The first-order valence-electron chi connectivity index (χ1n) is 9.66. The van der Waals surface area contributed by atoms with Crippen molar-refractivity contribution in [2.45, 2.75) is 12.5 Å². The number of methoxy groups -OCH3 is 1. The van der Waals surface area contributed by atoms with Crippen LogP contribution in [0, 0.1) is 0 Å². The number of likely N-dealkylation sites (N-methyl/N-ethyl adjacent to an activating group) is 1. The number of piperazine rings is 1. The number of hydrogen-bond acceptors (Lipinski definition) is 9. The summed E-state index contributed by atoms with van der Waals surface area (Å²) >= 11 is 6.27. The molecule has 4 rings (SSSR count). The Labute approximate surface area is 192 Å². The van der Waals surface area contributed by atoms with Gasteiger partial charge in [-0.05, 0) is 18.2 Å². The molecule has 0 bridgehead atoms. The molecule has 0 aliphatic carbocycles. The second-order valence-electron chi connectivity index (χ2n) is 7.10. The second kappa shape index (κ2) is 8.71. The first kappa shape index (κ1) is 22.0. The van der Waals surface area contributed by atoms with E-state index < -0.39 is 17.6 Å². The van der Waals surface area contributed by atoms with Gasteiger partial charge < -0.3 is 15.0 Å². The molecule has 2 aliphatic rings. The van der Waals surface area contributed by atoms with Crippen LogP contribution in [0.25, 0.3) is 11.7 Å². The van der Waals surface area contributed by atoms with E-state index in [1.807, 2.05) is 0 Å². The number of nitrogens with one attached hydrogen (secondary N) is 1. The average Bonchev–Trinajstić information content (AvgIpc) is 3.03. The van der Waals surface area contributed by atoms with E-state index >= 15 is 0 Å². The highest BCUT2D eigenvalue weighted by Gasteiger charge is 2.36. The molecule has 12 heteroatoms. The standard InChI is InChI=1S/C20H19N5O5S2/c1-23-19(29)13(32-20(23)31)9-11-16(22-14-5-3-4-7-25(14)18(11)28)24-8-6-21-17(27)12(24)10-15(26)30-2/h3-5,7,9,12H,6,8,10H2,1-2H3,(H,21,27)/b13-9-/t12-/m1/s1. The van der Waals surface area contributed by atoms with Crippen molar-refractivity contribution in [3.63, 3.8) is 0 Å². The van der Waals surface area contributed by atoms with E-state index in [4.69, 9.17) is 17.0 Å². The summed E-state index contributed by atoms with van der Waals surface area (Å²) in [5.41, 5.74) is 0.0949. The van der Waals surface area contributed by atoms with Gasteiger partial charge in [-0.15, -0.1) is 0 Å². The van der Waals surface area contributed by atoms with Crippen LogP contribution in [0.5, 0.6) is 0 Å². The molecule has 1 N–H and O–H groups in total. The van der Waals surface area contributed by atoms with Gasteiger partial charge in [-0.1, -0.05) is 30.0 Å². The van der Waals surface area contributed by atoms with E-state index in [0.29, 0.717) is 23.1 Å². The number of rotatable bonds is 4. The van der Waals surface area contributed by atoms with Crippen LogP contribution in [-0.2, 0) is 19.1 Å². The minimum atomic E-state index is -0.915. The van der Waals surface area contributed by atoms with Crippen LogP contribution >= 0.6 is 24.0 Å². The number of hydrogen-bond donors (Lipinski definition) is 1. The molecule has 2 aromatic heterocycles. The lowest BCUT2D eigenvalue weighted by Crippen LogP contribution is -2.57. The van der Waals surface area contributed by atoms with Crippen molar-refractivity contribution < 1.29 is 19.1 Å². The lowest BCUT2D eigenvalue weighted by Gasteiger charge is -2.36. The normalized spacial score (nSPS) is 20.2. The van der Waals surface area contributed by atoms with Gasteiger partial charge in [0.15, 0.2) is 0 Å². The van der Waals surface area contributed by atoms with Crippen LogP contribution in [-0.4, -0.2) is 69.7 Å². The summed E-state index contributed by atoms with van der Waals surface area (Å²) in [5.74, 6) is -1.05. The summed E-state index contributed by atoms with van der Waals surface area (Å²) in [5, 5.41) is 2.73. The largest absolute Gasteiger partial charge is 0.469 e. The van der Waals surface area contributed by atoms with Crippen molar-refractivity contribution in [2.75, 3.05) is 32.1 Å². The topological polar surface area (TPSA) is 113 Å². The molecule has 1 atom stereocenters. The van der Waals surface area contributed by atoms with Crippen molar-refractivity contribution in [3.8, 4) is 0 Å². The molecule has 2 aromatic rings. The number of esters is 1. The zero-order valence-corrected chi connectivity index (χ0v) is 18.9. The Balaban J connectivity index is 1.91. The zero-order valence-electron chi connectivity index (χ0n) is 17.2. The van der Waals surface area contributed by atoms with Gasteiger partial charge >= 0.3 is 5.97 Å². The second-order valence-corrected chi connectivity index (χ2v) is 8.78. The van der Waals surface area contributed by atoms with Gasteiger partial charge in [0.05, 0.1) is 24.0 Å². The van der Waals surface area contributed by atoms with Gasteiger partial charge in [0.2, 0.25) is 5.91 Å². The maximum Gasteiger partial charge on any atom is 0.308 e. The maximum absolute atomic E-state index is 13.4. The molecule has 10 nitrogen and oxygen atoms in total. The number of thioether (sulfide) groups is 1. The molecule has 2 saturated heterocycles. The van der Waals surface area contributed by atoms with Gasteiger partial charge in [0, 0.05) is 26.3 Å². The number of pyridine rings is 1. The summed E-state index contributed by atoms with van der Waals surface area (Å²) in [6.45, 7) is 0.626. The fourth-order valence-corrected chi connectivity index (χ4v) is 4.69. The van der Waals surface area contributed by atoms with Gasteiger partial charge in [-0.2, -0.15) is 0 Å². The van der Waals surface area contributed by atoms with Crippen LogP contribution in [0.4, 0.5) is 5.82 Å². The molecule has 2 fully saturated rings. The number of aromatic nitrogens is 2. The minimum Gasteiger partial charge on any atom is -0.469 e. The summed E-state index contributed by atoms with van der Waals surface area (Å²) in [7, 11) is 2.80. The Hall–Kier alpha value is -3.25. The van der Waals surface area contributed by atoms with Crippen LogP contribution in [0.15, 0.2) is 34.1 Å². The lowest BCUT2D eigenvalue weighted by molar-refractivity contribution is -0.143. The third-order valence-corrected chi connectivity index (χ3v) is 6.69. The first-order chi connectivity index (χ1) is 15.3. The average molecular weight is 474 g/mol. The van der Waals surface area contributed by atoms with Gasteiger partial charge in [0.1, 0.15) is 21.8 Å². The number of ether oxygens (including phenoxy) is 1. The van der Waals surface area contributed by atoms with E-state index in [-0.39, 0.29) is 34.5 Å². The Morgan fingerprint density at radius 1 is 1.38 bits per heavy atom. The van der Waals surface area contributed by atoms with Crippen molar-refractivity contribution in [3.05, 3.63) is 45.2 Å². The van der Waals surface area contributed by atoms with Crippen LogP contribution < -0.4 is 15.8 Å². The van der Waals surface area contributed by atoms with Crippen LogP contribution in [0.1, 0.15) is 12.0 Å². The molecular formula is C20H19N5O5S2. The third kappa shape index (κ3) is 3.86. The van der Waals surface area contributed by atoms with Crippen molar-refractivity contribution in [2.24, 2.45) is 0 Å². The number of amides is 2. The monoisotopic (exact) mass is 473 g/mol. The van der Waals surface area contributed by atoms with Gasteiger partial charge in [-0.3, -0.25) is 28.5 Å². The minimum absolute atomic E-state index is 0.132. The van der Waals surface area contributed by atoms with Crippen molar-refractivity contribution >= 4 is 63.6 Å². The molecular weight excluding hydrogens is 454 g/mol. The van der Waals surface area contributed by atoms with Crippen molar-refractivity contribution in [1.82, 2.24) is 19.6 Å². The molecule has 0 spiro atoms. The Bertz CT molecular complexity index is 1240. The molecule has 0 aromatic carbocycles. The molecule has 0 saturated carbocycles. The fourth-order valence-electron chi connectivity index (χ4n) is 3.53. The van der Waals surface area contributed by atoms with Gasteiger partial charge in [0.25, 0.3) is 11.5 Å². The first-order valence-corrected chi connectivity index (χ1v) is 10.9. The smallest absolute Gasteiger partial charge is 0.308 e. The van der Waals surface area contributed by atoms with Crippen LogP contribution in [0.3, 0.4) is 0 Å². The van der Waals surface area contributed by atoms with Crippen molar-refractivity contribution in [1.29, 1.82) is 0 Å². The molecule has 166 valence electrons. The maximum atomic E-state index is 13.4. The summed E-state index contributed by atoms with van der Waals surface area (Å²) in [6, 6.07) is 4.18. The Morgan fingerprint density at radius 2 is 2.16 bits per heavy atom. The molecule has 0 unspecified atom stereocenters. The number of fused-ring (bicyclic) bond motifs is 1. The predicted molar refractivity (Wildman–Crippen MR) is 123 cm³/mol. The SMILES string of the molecule is COC(=O)C[C@@H]1C(=O)NCCN1c1nc2ccccn2c(=O)c1/C=C1\SC(=S)N(C)C1=O. The van der Waals surface area contributed by atoms with E-state index in [2.05, 4.69) is 10.3 Å². The highest BCUT2D eigenvalue weighted by Crippen LogP contribution is 2.33. The molecule has 4 heterocycles. The zero-order chi connectivity index (χ0) is 23.0. The molecule has 0 radical (unpaired) electrons. The number of carbonyl (C=O) groups excluding carboxylic acids is 3. The number of nitrogens with zero attached hydrogens (tertiary/aromatic N) is 4. The highest BCUT2D eigenvalue weighted by molar-refractivity contribution is 8.26. The van der Waals surface area contributed by atoms with Gasteiger partial charge in [-0.25, -0.2) is 4.98 Å². The van der Waals surface area contributed by atoms with E-state index in [0.717, 1.165) is 11.8 Å². The summed E-state index contributed by atoms with van der Waals surface area (Å²) in [4.78, 5) is 58.4. The van der Waals surface area contributed by atoms with E-state index in [1.54, 1.807) is 36.3 Å². The third-order valence-electron chi connectivity index (χ3n) is 5.20. The van der Waals surface area contributed by atoms with E-state index in [1.165, 1.54) is 22.5 Å². The molecule has 32 heavy (non-hydrogen) atoms. The number of carbonyl (C=O) groups is 3. The van der Waals surface area contributed by atoms with Crippen LogP contribution in [0.2, 0.25) is 0 Å². The number of thiocarbonyl (C=S) groups is 1. The summed E-state index contributed by atoms with van der Waals surface area (Å²) in [6.07, 6.45) is 2.81. The number of anilines is 1. The highest BCUT2D eigenvalue weighted by atomic mass is 32.2. The van der Waals surface area contributed by atoms with E-state index in [9.17, 15) is 19.2 Å². The fraction of sp³-hybridized carbons (Fsp3) is 0.300. The Kier molecular flexibility index (Phi) is 5.98. The molecule has 2 amide bonds. The lowest BCUT2D eigenvalue weighted by atomic mass is 10.1. The quantitative estimate of drug-likeness (QED) is 0.383. The Morgan fingerprint density at radius 3 is 2.84 bits per heavy atom. The summed E-state index contributed by atoms with van der Waals surface area (Å²) < 4.78 is 6.48.